The van der Waals surface area contributed by atoms with Crippen molar-refractivity contribution in [1.29, 1.82) is 0 Å². The molecule has 1 heterocycles. The van der Waals surface area contributed by atoms with E-state index in [2.05, 4.69) is 70.1 Å². The van der Waals surface area contributed by atoms with Crippen LogP contribution in [-0.4, -0.2) is 9.97 Å². The number of H-pyrrole nitrogens is 1. The molecule has 0 bridgehead atoms. The topological polar surface area (TPSA) is 28.7 Å². The van der Waals surface area contributed by atoms with Crippen molar-refractivity contribution in [2.24, 2.45) is 0 Å². The van der Waals surface area contributed by atoms with Gasteiger partial charge in [0.2, 0.25) is 0 Å². The van der Waals surface area contributed by atoms with E-state index < -0.39 is 0 Å². The molecule has 0 amide bonds. The summed E-state index contributed by atoms with van der Waals surface area (Å²) in [6.45, 7) is 4.33. The summed E-state index contributed by atoms with van der Waals surface area (Å²) in [5.41, 5.74) is 2.51. The molecule has 3 rings (SSSR count). The molecule has 4 heteroatoms. The molecule has 104 valence electrons. The fourth-order valence-electron chi connectivity index (χ4n) is 2.65. The van der Waals surface area contributed by atoms with Gasteiger partial charge in [-0.15, -0.1) is 0 Å². The third-order valence-corrected chi connectivity index (χ3v) is 5.36. The zero-order valence-electron chi connectivity index (χ0n) is 11.6. The lowest BCUT2D eigenvalue weighted by molar-refractivity contribution is 0.708. The maximum Gasteiger partial charge on any atom is 0.144 e. The van der Waals surface area contributed by atoms with Crippen LogP contribution in [-0.2, 0) is 5.41 Å². The number of hydrogen-bond donors (Lipinski definition) is 1. The second-order valence-electron chi connectivity index (χ2n) is 5.72. The van der Waals surface area contributed by atoms with E-state index in [1.54, 1.807) is 0 Å². The molecule has 1 aliphatic rings. The van der Waals surface area contributed by atoms with E-state index >= 15 is 0 Å². The van der Waals surface area contributed by atoms with Crippen LogP contribution in [0.2, 0.25) is 0 Å². The van der Waals surface area contributed by atoms with Crippen molar-refractivity contribution in [3.8, 4) is 0 Å². The van der Waals surface area contributed by atoms with Crippen LogP contribution < -0.4 is 0 Å². The van der Waals surface area contributed by atoms with Crippen molar-refractivity contribution < 1.29 is 0 Å². The first-order valence-electron chi connectivity index (χ1n) is 6.90. The van der Waals surface area contributed by atoms with Crippen molar-refractivity contribution in [3.63, 3.8) is 0 Å². The summed E-state index contributed by atoms with van der Waals surface area (Å²) in [6.07, 6.45) is 2.27. The number of nitrogens with zero attached hydrogens (tertiary/aromatic N) is 1. The summed E-state index contributed by atoms with van der Waals surface area (Å²) in [4.78, 5) is 8.17. The summed E-state index contributed by atoms with van der Waals surface area (Å²) in [5, 5.41) is 0. The summed E-state index contributed by atoms with van der Waals surface area (Å²) in [5.74, 6) is 1.40. The van der Waals surface area contributed by atoms with E-state index in [4.69, 9.17) is 12.2 Å². The smallest absolute Gasteiger partial charge is 0.144 e. The minimum Gasteiger partial charge on any atom is -0.345 e. The van der Waals surface area contributed by atoms with Gasteiger partial charge in [0.05, 0.1) is 9.89 Å². The van der Waals surface area contributed by atoms with Gasteiger partial charge in [-0.1, -0.05) is 56.4 Å². The molecule has 1 fully saturated rings. The molecule has 1 aliphatic carbocycles. The third kappa shape index (κ3) is 2.25. The number of aromatic amines is 1. The molecule has 0 atom stereocenters. The molecule has 2 nitrogen and oxygen atoms in total. The van der Waals surface area contributed by atoms with Crippen molar-refractivity contribution in [2.45, 2.75) is 38.0 Å². The molecule has 0 unspecified atom stereocenters. The van der Waals surface area contributed by atoms with E-state index in [1.807, 2.05) is 0 Å². The largest absolute Gasteiger partial charge is 0.345 e. The maximum absolute atomic E-state index is 5.42. The van der Waals surface area contributed by atoms with Crippen molar-refractivity contribution in [1.82, 2.24) is 9.97 Å². The molecule has 2 aromatic rings. The standard InChI is InChI=1S/C16H17BrN2S/c1-10(2)13-12(17)14(20)19-15(18-13)16(8-9-16)11-6-4-3-5-7-11/h3-7,10H,8-9H2,1-2H3,(H,18,19,20). The SMILES string of the molecule is CC(C)c1[nH]c(C2(c3ccccc3)CC2)nc(=S)c1Br. The lowest BCUT2D eigenvalue weighted by Gasteiger charge is -2.18. The van der Waals surface area contributed by atoms with Gasteiger partial charge in [0, 0.05) is 5.69 Å². The number of rotatable bonds is 3. The summed E-state index contributed by atoms with van der Waals surface area (Å²) in [6, 6.07) is 10.6. The Kier molecular flexibility index (Phi) is 3.55. The molecular formula is C16H17BrN2S. The Balaban J connectivity index is 2.14. The highest BCUT2D eigenvalue weighted by molar-refractivity contribution is 9.10. The normalized spacial score (nSPS) is 16.4. The highest BCUT2D eigenvalue weighted by Crippen LogP contribution is 2.52. The van der Waals surface area contributed by atoms with Gasteiger partial charge in [-0.25, -0.2) is 4.98 Å². The van der Waals surface area contributed by atoms with Crippen LogP contribution in [0.3, 0.4) is 0 Å². The minimum atomic E-state index is 0.0408. The average molecular weight is 349 g/mol. The van der Waals surface area contributed by atoms with Crippen LogP contribution in [0.25, 0.3) is 0 Å². The van der Waals surface area contributed by atoms with Gasteiger partial charge in [-0.2, -0.15) is 0 Å². The highest BCUT2D eigenvalue weighted by Gasteiger charge is 2.48. The second kappa shape index (κ2) is 5.08. The summed E-state index contributed by atoms with van der Waals surface area (Å²) >= 11 is 8.98. The van der Waals surface area contributed by atoms with Gasteiger partial charge < -0.3 is 4.98 Å². The van der Waals surface area contributed by atoms with Crippen molar-refractivity contribution in [3.05, 3.63) is 56.5 Å². The second-order valence-corrected chi connectivity index (χ2v) is 6.90. The zero-order chi connectivity index (χ0) is 14.3. The first kappa shape index (κ1) is 14.0. The van der Waals surface area contributed by atoms with Gasteiger partial charge in [-0.05, 0) is 40.3 Å². The van der Waals surface area contributed by atoms with E-state index in [1.165, 1.54) is 5.56 Å². The summed E-state index contributed by atoms with van der Waals surface area (Å²) < 4.78 is 1.58. The van der Waals surface area contributed by atoms with Gasteiger partial charge in [0.15, 0.2) is 0 Å². The Labute approximate surface area is 132 Å². The Bertz CT molecular complexity index is 687. The van der Waals surface area contributed by atoms with E-state index in [-0.39, 0.29) is 5.41 Å². The van der Waals surface area contributed by atoms with Crippen LogP contribution >= 0.6 is 28.1 Å². The molecule has 1 N–H and O–H groups in total. The third-order valence-electron chi connectivity index (χ3n) is 4.00. The minimum absolute atomic E-state index is 0.0408. The average Bonchev–Trinajstić information content (AvgIpc) is 3.24. The van der Waals surface area contributed by atoms with Crippen molar-refractivity contribution in [2.75, 3.05) is 0 Å². The Morgan fingerprint density at radius 3 is 2.45 bits per heavy atom. The molecule has 0 radical (unpaired) electrons. The molecule has 0 aliphatic heterocycles. The molecule has 20 heavy (non-hydrogen) atoms. The number of aromatic nitrogens is 2. The molecule has 0 saturated heterocycles. The monoisotopic (exact) mass is 348 g/mol. The zero-order valence-corrected chi connectivity index (χ0v) is 14.0. The number of halogens is 1. The lowest BCUT2D eigenvalue weighted by Crippen LogP contribution is -2.15. The quantitative estimate of drug-likeness (QED) is 0.781. The summed E-state index contributed by atoms with van der Waals surface area (Å²) in [7, 11) is 0. The molecule has 0 spiro atoms. The van der Waals surface area contributed by atoms with Crippen LogP contribution in [0.15, 0.2) is 34.8 Å². The van der Waals surface area contributed by atoms with Crippen LogP contribution in [0.5, 0.6) is 0 Å². The Morgan fingerprint density at radius 2 is 1.90 bits per heavy atom. The highest BCUT2D eigenvalue weighted by atomic mass is 79.9. The molecule has 1 saturated carbocycles. The Morgan fingerprint density at radius 1 is 1.25 bits per heavy atom. The molecule has 1 aromatic carbocycles. The van der Waals surface area contributed by atoms with Gasteiger partial charge in [0.25, 0.3) is 0 Å². The number of nitrogens with one attached hydrogen (secondary N) is 1. The van der Waals surface area contributed by atoms with Crippen LogP contribution in [0, 0.1) is 4.64 Å². The number of benzene rings is 1. The van der Waals surface area contributed by atoms with E-state index in [9.17, 15) is 0 Å². The van der Waals surface area contributed by atoms with E-state index in [0.717, 1.165) is 28.8 Å². The van der Waals surface area contributed by atoms with Crippen LogP contribution in [0.1, 0.15) is 49.7 Å². The first-order valence-corrected chi connectivity index (χ1v) is 8.10. The predicted octanol–water partition coefficient (Wildman–Crippen LogP) is 5.10. The first-order chi connectivity index (χ1) is 9.54. The molecular weight excluding hydrogens is 332 g/mol. The van der Waals surface area contributed by atoms with Crippen LogP contribution in [0.4, 0.5) is 0 Å². The Hall–Kier alpha value is -1.00. The lowest BCUT2D eigenvalue weighted by atomic mass is 9.95. The predicted molar refractivity (Wildman–Crippen MR) is 87.7 cm³/mol. The van der Waals surface area contributed by atoms with E-state index in [0.29, 0.717) is 10.6 Å². The molecule has 1 aromatic heterocycles. The van der Waals surface area contributed by atoms with Gasteiger partial charge in [0.1, 0.15) is 10.5 Å². The fraction of sp³-hybridized carbons (Fsp3) is 0.375. The van der Waals surface area contributed by atoms with Gasteiger partial charge in [-0.3, -0.25) is 0 Å². The number of hydrogen-bond acceptors (Lipinski definition) is 2. The van der Waals surface area contributed by atoms with Crippen molar-refractivity contribution >= 4 is 28.1 Å². The van der Waals surface area contributed by atoms with Gasteiger partial charge >= 0.3 is 0 Å². The maximum atomic E-state index is 5.42. The fourth-order valence-corrected chi connectivity index (χ4v) is 3.49.